The molecule has 0 radical (unpaired) electrons. The number of hydrogen-bond donors (Lipinski definition) is 0. The average Bonchev–Trinajstić information content (AvgIpc) is 2.46. The fraction of sp³-hybridized carbons (Fsp3) is 0.571. The molecular weight excluding hydrogens is 260 g/mol. The van der Waals surface area contributed by atoms with E-state index in [1.54, 1.807) is 12.1 Å². The van der Waals surface area contributed by atoms with Gasteiger partial charge >= 0.3 is 0 Å². The van der Waals surface area contributed by atoms with Crippen LogP contribution < -0.4 is 4.73 Å². The predicted molar refractivity (Wildman–Crippen MR) is 75.8 cm³/mol. The number of likely N-dealkylation sites (tertiary alicyclic amines) is 1. The molecule has 4 nitrogen and oxygen atoms in total. The van der Waals surface area contributed by atoms with Gasteiger partial charge < -0.3 is 10.1 Å². The monoisotopic (exact) mass is 280 g/mol. The third kappa shape index (κ3) is 3.62. The average molecular weight is 280 g/mol. The Morgan fingerprint density at radius 3 is 3.11 bits per heavy atom. The van der Waals surface area contributed by atoms with Gasteiger partial charge in [0.15, 0.2) is 6.20 Å². The van der Waals surface area contributed by atoms with E-state index in [1.807, 2.05) is 11.0 Å². The van der Waals surface area contributed by atoms with Crippen molar-refractivity contribution in [1.82, 2.24) is 4.90 Å². The van der Waals surface area contributed by atoms with Crippen LogP contribution in [0.4, 0.5) is 0 Å². The first-order chi connectivity index (χ1) is 9.22. The highest BCUT2D eigenvalue weighted by Crippen LogP contribution is 2.21. The van der Waals surface area contributed by atoms with Crippen LogP contribution in [-0.2, 0) is 4.79 Å². The molecule has 1 aromatic heterocycles. The molecule has 5 heteroatoms. The van der Waals surface area contributed by atoms with Crippen LogP contribution in [0.3, 0.4) is 0 Å². The molecule has 1 saturated heterocycles. The zero-order valence-electron chi connectivity index (χ0n) is 11.2. The molecule has 1 fully saturated rings. The summed E-state index contributed by atoms with van der Waals surface area (Å²) in [5.41, 5.74) is 0. The lowest BCUT2D eigenvalue weighted by atomic mass is 10.0. The molecule has 0 bridgehead atoms. The first-order valence-corrected chi connectivity index (χ1v) is 7.81. The van der Waals surface area contributed by atoms with E-state index in [9.17, 15) is 10.0 Å². The van der Waals surface area contributed by atoms with Crippen LogP contribution in [0.15, 0.2) is 29.4 Å². The van der Waals surface area contributed by atoms with Crippen molar-refractivity contribution in [3.63, 3.8) is 0 Å². The molecule has 0 unspecified atom stereocenters. The van der Waals surface area contributed by atoms with Crippen molar-refractivity contribution in [3.05, 3.63) is 29.6 Å². The van der Waals surface area contributed by atoms with Crippen molar-refractivity contribution in [2.75, 3.05) is 12.3 Å². The maximum atomic E-state index is 12.2. The summed E-state index contributed by atoms with van der Waals surface area (Å²) in [5, 5.41) is 12.1. The zero-order chi connectivity index (χ0) is 13.7. The maximum absolute atomic E-state index is 12.2. The Bertz CT molecular complexity index is 439. The first kappa shape index (κ1) is 14.2. The second-order valence-electron chi connectivity index (χ2n) is 4.80. The number of nitrogens with zero attached hydrogens (tertiary/aromatic N) is 2. The minimum absolute atomic E-state index is 0.153. The molecule has 1 aliphatic rings. The molecule has 0 spiro atoms. The van der Waals surface area contributed by atoms with Crippen LogP contribution in [0.5, 0.6) is 0 Å². The van der Waals surface area contributed by atoms with Gasteiger partial charge in [0.25, 0.3) is 5.03 Å². The number of aromatic nitrogens is 1. The molecular formula is C14H20N2O2S. The third-order valence-electron chi connectivity index (χ3n) is 3.55. The Morgan fingerprint density at radius 1 is 1.53 bits per heavy atom. The van der Waals surface area contributed by atoms with E-state index in [-0.39, 0.29) is 5.91 Å². The quantitative estimate of drug-likeness (QED) is 0.482. The maximum Gasteiger partial charge on any atom is 0.251 e. The van der Waals surface area contributed by atoms with Crippen molar-refractivity contribution < 1.29 is 9.52 Å². The fourth-order valence-electron chi connectivity index (χ4n) is 2.50. The van der Waals surface area contributed by atoms with E-state index in [0.717, 1.165) is 30.5 Å². The SMILES string of the molecule is CC[C@@H]1CCCCN1C(=O)CSc1cccc[n+]1[O-]. The minimum Gasteiger partial charge on any atom is -0.618 e. The lowest BCUT2D eigenvalue weighted by molar-refractivity contribution is -0.645. The van der Waals surface area contributed by atoms with Crippen LogP contribution in [0.25, 0.3) is 0 Å². The molecule has 1 aromatic rings. The number of pyridine rings is 1. The highest BCUT2D eigenvalue weighted by atomic mass is 32.2. The van der Waals surface area contributed by atoms with Crippen LogP contribution in [0, 0.1) is 5.21 Å². The van der Waals surface area contributed by atoms with Gasteiger partial charge in [0.1, 0.15) is 0 Å². The third-order valence-corrected chi connectivity index (χ3v) is 4.55. The summed E-state index contributed by atoms with van der Waals surface area (Å²) in [6.07, 6.45) is 5.90. The molecule has 1 amide bonds. The van der Waals surface area contributed by atoms with Crippen LogP contribution >= 0.6 is 11.8 Å². The number of rotatable bonds is 4. The van der Waals surface area contributed by atoms with E-state index in [1.165, 1.54) is 24.4 Å². The second kappa shape index (κ2) is 6.80. The summed E-state index contributed by atoms with van der Waals surface area (Å²) in [7, 11) is 0. The Kier molecular flexibility index (Phi) is 5.07. The van der Waals surface area contributed by atoms with E-state index < -0.39 is 0 Å². The largest absolute Gasteiger partial charge is 0.618 e. The Morgan fingerprint density at radius 2 is 2.37 bits per heavy atom. The van der Waals surface area contributed by atoms with Gasteiger partial charge in [0, 0.05) is 24.7 Å². The number of carbonyl (C=O) groups is 1. The zero-order valence-corrected chi connectivity index (χ0v) is 12.1. The second-order valence-corrected chi connectivity index (χ2v) is 5.79. The summed E-state index contributed by atoms with van der Waals surface area (Å²) in [5.74, 6) is 0.503. The summed E-state index contributed by atoms with van der Waals surface area (Å²) in [6, 6.07) is 5.64. The van der Waals surface area contributed by atoms with Crippen molar-refractivity contribution in [3.8, 4) is 0 Å². The predicted octanol–water partition coefficient (Wildman–Crippen LogP) is 2.20. The number of amides is 1. The van der Waals surface area contributed by atoms with Gasteiger partial charge in [0.2, 0.25) is 5.91 Å². The Balaban J connectivity index is 1.92. The van der Waals surface area contributed by atoms with E-state index in [0.29, 0.717) is 16.8 Å². The molecule has 0 saturated carbocycles. The van der Waals surface area contributed by atoms with Gasteiger partial charge in [0.05, 0.1) is 5.75 Å². The smallest absolute Gasteiger partial charge is 0.251 e. The van der Waals surface area contributed by atoms with Crippen LogP contribution in [0.2, 0.25) is 0 Å². The fourth-order valence-corrected chi connectivity index (χ4v) is 3.30. The van der Waals surface area contributed by atoms with E-state index in [4.69, 9.17) is 0 Å². The van der Waals surface area contributed by atoms with Crippen molar-refractivity contribution >= 4 is 17.7 Å². The molecule has 0 aliphatic carbocycles. The molecule has 2 rings (SSSR count). The van der Waals surface area contributed by atoms with Crippen molar-refractivity contribution in [2.45, 2.75) is 43.7 Å². The topological polar surface area (TPSA) is 47.2 Å². The summed E-state index contributed by atoms with van der Waals surface area (Å²) >= 11 is 1.32. The Hall–Kier alpha value is -1.23. The van der Waals surface area contributed by atoms with Crippen molar-refractivity contribution in [2.24, 2.45) is 0 Å². The normalized spacial score (nSPS) is 19.4. The van der Waals surface area contributed by atoms with Gasteiger partial charge in [-0.25, -0.2) is 0 Å². The van der Waals surface area contributed by atoms with Crippen LogP contribution in [-0.4, -0.2) is 29.1 Å². The number of thioether (sulfide) groups is 1. The van der Waals surface area contributed by atoms with Gasteiger partial charge in [-0.1, -0.05) is 6.92 Å². The number of hydrogen-bond acceptors (Lipinski definition) is 3. The highest BCUT2D eigenvalue weighted by molar-refractivity contribution is 7.99. The van der Waals surface area contributed by atoms with Gasteiger partial charge in [-0.2, -0.15) is 4.73 Å². The first-order valence-electron chi connectivity index (χ1n) is 6.83. The lowest BCUT2D eigenvalue weighted by Gasteiger charge is -2.35. The Labute approximate surface area is 118 Å². The molecule has 2 heterocycles. The van der Waals surface area contributed by atoms with E-state index in [2.05, 4.69) is 6.92 Å². The number of piperidine rings is 1. The van der Waals surface area contributed by atoms with Gasteiger partial charge in [-0.3, -0.25) is 4.79 Å². The van der Waals surface area contributed by atoms with E-state index >= 15 is 0 Å². The standard InChI is InChI=1S/C14H20N2O2S/c1-2-12-7-3-5-9-15(12)13(17)11-19-14-8-4-6-10-16(14)18/h4,6,8,10,12H,2-3,5,7,9,11H2,1H3/t12-/m1/s1. The minimum atomic E-state index is 0.153. The lowest BCUT2D eigenvalue weighted by Crippen LogP contribution is -2.44. The van der Waals surface area contributed by atoms with Crippen molar-refractivity contribution in [1.29, 1.82) is 0 Å². The number of carbonyl (C=O) groups excluding carboxylic acids is 1. The molecule has 104 valence electrons. The molecule has 19 heavy (non-hydrogen) atoms. The molecule has 1 atom stereocenters. The molecule has 0 N–H and O–H groups in total. The molecule has 1 aliphatic heterocycles. The van der Waals surface area contributed by atoms with Gasteiger partial charge in [-0.05, 0) is 43.5 Å². The summed E-state index contributed by atoms with van der Waals surface area (Å²) in [6.45, 7) is 3.00. The summed E-state index contributed by atoms with van der Waals surface area (Å²) < 4.78 is 0.811. The molecule has 0 aromatic carbocycles. The van der Waals surface area contributed by atoms with Crippen LogP contribution in [0.1, 0.15) is 32.6 Å². The van der Waals surface area contributed by atoms with Gasteiger partial charge in [-0.15, -0.1) is 0 Å². The summed E-state index contributed by atoms with van der Waals surface area (Å²) in [4.78, 5) is 14.2. The highest BCUT2D eigenvalue weighted by Gasteiger charge is 2.25.